The molecule has 1 unspecified atom stereocenters. The molecule has 0 aliphatic carbocycles. The Balaban J connectivity index is 2.31. The Morgan fingerprint density at radius 3 is 2.75 bits per heavy atom. The summed E-state index contributed by atoms with van der Waals surface area (Å²) in [5, 5.41) is 0. The summed E-state index contributed by atoms with van der Waals surface area (Å²) in [4.78, 5) is 16.0. The van der Waals surface area contributed by atoms with Gasteiger partial charge < -0.3 is 10.6 Å². The number of unbranched alkanes of at least 4 members (excludes halogenated alkanes) is 2. The van der Waals surface area contributed by atoms with E-state index in [2.05, 4.69) is 4.90 Å². The van der Waals surface area contributed by atoms with Gasteiger partial charge in [-0.25, -0.2) is 0 Å². The van der Waals surface area contributed by atoms with E-state index in [9.17, 15) is 4.79 Å². The summed E-state index contributed by atoms with van der Waals surface area (Å²) in [6.07, 6.45) is 5.61. The van der Waals surface area contributed by atoms with Crippen molar-refractivity contribution < 1.29 is 4.79 Å². The highest BCUT2D eigenvalue weighted by Crippen LogP contribution is 2.19. The first kappa shape index (κ1) is 13.5. The fourth-order valence-corrected chi connectivity index (χ4v) is 2.31. The van der Waals surface area contributed by atoms with E-state index in [4.69, 9.17) is 5.73 Å². The smallest absolute Gasteiger partial charge is 0.239 e. The quantitative estimate of drug-likeness (QED) is 0.678. The molecule has 0 aromatic rings. The molecule has 0 aromatic heterocycles. The van der Waals surface area contributed by atoms with E-state index in [0.29, 0.717) is 0 Å². The van der Waals surface area contributed by atoms with Crippen LogP contribution in [-0.2, 0) is 4.79 Å². The minimum absolute atomic E-state index is 0.132. The minimum atomic E-state index is 0.132. The van der Waals surface area contributed by atoms with Crippen molar-refractivity contribution in [3.63, 3.8) is 0 Å². The lowest BCUT2D eigenvalue weighted by atomic mass is 10.2. The van der Waals surface area contributed by atoms with E-state index >= 15 is 0 Å². The van der Waals surface area contributed by atoms with Crippen molar-refractivity contribution >= 4 is 5.91 Å². The maximum atomic E-state index is 11.9. The number of nitrogens with two attached hydrogens (primary N) is 1. The van der Waals surface area contributed by atoms with Gasteiger partial charge in [-0.1, -0.05) is 6.42 Å². The zero-order valence-electron chi connectivity index (χ0n) is 10.6. The Labute approximate surface area is 98.8 Å². The van der Waals surface area contributed by atoms with Gasteiger partial charge in [-0.05, 0) is 45.3 Å². The van der Waals surface area contributed by atoms with E-state index in [1.54, 1.807) is 4.90 Å². The zero-order chi connectivity index (χ0) is 12.0. The van der Waals surface area contributed by atoms with Crippen molar-refractivity contribution in [2.75, 3.05) is 33.7 Å². The van der Waals surface area contributed by atoms with Crippen molar-refractivity contribution in [3.8, 4) is 0 Å². The minimum Gasteiger partial charge on any atom is -0.347 e. The van der Waals surface area contributed by atoms with Crippen molar-refractivity contribution in [2.24, 2.45) is 5.73 Å². The van der Waals surface area contributed by atoms with Crippen LogP contribution in [0.1, 0.15) is 32.1 Å². The van der Waals surface area contributed by atoms with Gasteiger partial charge in [0.15, 0.2) is 0 Å². The number of likely N-dealkylation sites (N-methyl/N-ethyl adjacent to an activating group) is 1. The van der Waals surface area contributed by atoms with Crippen LogP contribution >= 0.6 is 0 Å². The molecule has 1 heterocycles. The number of amides is 1. The van der Waals surface area contributed by atoms with Gasteiger partial charge in [0.1, 0.15) is 0 Å². The number of rotatable bonds is 6. The van der Waals surface area contributed by atoms with Gasteiger partial charge in [-0.3, -0.25) is 9.69 Å². The molecule has 1 fully saturated rings. The van der Waals surface area contributed by atoms with Gasteiger partial charge in [0, 0.05) is 14.1 Å². The lowest BCUT2D eigenvalue weighted by Crippen LogP contribution is -2.43. The standard InChI is InChI=1S/C12H25N3O/c1-14(2)12(16)11-7-6-10-15(11)9-5-3-4-8-13/h11H,3-10,13H2,1-2H3. The maximum Gasteiger partial charge on any atom is 0.239 e. The average Bonchev–Trinajstić information content (AvgIpc) is 2.71. The second-order valence-corrected chi connectivity index (χ2v) is 4.78. The highest BCUT2D eigenvalue weighted by atomic mass is 16.2. The first-order chi connectivity index (χ1) is 7.66. The predicted molar refractivity (Wildman–Crippen MR) is 66.2 cm³/mol. The maximum absolute atomic E-state index is 11.9. The predicted octanol–water partition coefficient (Wildman–Crippen LogP) is 0.668. The topological polar surface area (TPSA) is 49.6 Å². The molecule has 4 nitrogen and oxygen atoms in total. The highest BCUT2D eigenvalue weighted by Gasteiger charge is 2.30. The van der Waals surface area contributed by atoms with Crippen LogP contribution in [0.2, 0.25) is 0 Å². The first-order valence-electron chi connectivity index (χ1n) is 6.32. The Bertz CT molecular complexity index is 218. The second kappa shape index (κ2) is 6.86. The lowest BCUT2D eigenvalue weighted by Gasteiger charge is -2.25. The van der Waals surface area contributed by atoms with Crippen LogP contribution in [0.4, 0.5) is 0 Å². The molecule has 1 saturated heterocycles. The molecule has 1 atom stereocenters. The van der Waals surface area contributed by atoms with Crippen molar-refractivity contribution in [1.82, 2.24) is 9.80 Å². The molecule has 0 saturated carbocycles. The molecule has 0 spiro atoms. The second-order valence-electron chi connectivity index (χ2n) is 4.78. The molecule has 0 aromatic carbocycles. The number of nitrogens with zero attached hydrogens (tertiary/aromatic N) is 2. The molecule has 0 radical (unpaired) electrons. The molecule has 4 heteroatoms. The van der Waals surface area contributed by atoms with Crippen LogP contribution in [0.15, 0.2) is 0 Å². The van der Waals surface area contributed by atoms with E-state index < -0.39 is 0 Å². The van der Waals surface area contributed by atoms with E-state index in [1.807, 2.05) is 14.1 Å². The molecule has 16 heavy (non-hydrogen) atoms. The summed E-state index contributed by atoms with van der Waals surface area (Å²) >= 11 is 0. The van der Waals surface area contributed by atoms with Gasteiger partial charge in [-0.15, -0.1) is 0 Å². The Morgan fingerprint density at radius 2 is 2.12 bits per heavy atom. The molecule has 1 rings (SSSR count). The summed E-state index contributed by atoms with van der Waals surface area (Å²) in [5.41, 5.74) is 5.46. The molecular weight excluding hydrogens is 202 g/mol. The molecule has 1 aliphatic rings. The number of carbonyl (C=O) groups excluding carboxylic acids is 1. The first-order valence-corrected chi connectivity index (χ1v) is 6.32. The van der Waals surface area contributed by atoms with Gasteiger partial charge in [0.05, 0.1) is 6.04 Å². The number of hydrogen-bond acceptors (Lipinski definition) is 3. The van der Waals surface area contributed by atoms with Crippen molar-refractivity contribution in [1.29, 1.82) is 0 Å². The van der Waals surface area contributed by atoms with Crippen molar-refractivity contribution in [3.05, 3.63) is 0 Å². The molecule has 2 N–H and O–H groups in total. The summed E-state index contributed by atoms with van der Waals surface area (Å²) in [5.74, 6) is 0.260. The largest absolute Gasteiger partial charge is 0.347 e. The third-order valence-electron chi connectivity index (χ3n) is 3.24. The van der Waals surface area contributed by atoms with Gasteiger partial charge in [-0.2, -0.15) is 0 Å². The molecule has 1 aliphatic heterocycles. The summed E-state index contributed by atoms with van der Waals surface area (Å²) in [6.45, 7) is 2.90. The number of carbonyl (C=O) groups is 1. The normalized spacial score (nSPS) is 21.3. The Kier molecular flexibility index (Phi) is 5.77. The van der Waals surface area contributed by atoms with Crippen LogP contribution < -0.4 is 5.73 Å². The molecular formula is C12H25N3O. The zero-order valence-corrected chi connectivity index (χ0v) is 10.6. The molecule has 1 amide bonds. The lowest BCUT2D eigenvalue weighted by molar-refractivity contribution is -0.133. The summed E-state index contributed by atoms with van der Waals surface area (Å²) < 4.78 is 0. The monoisotopic (exact) mass is 227 g/mol. The fourth-order valence-electron chi connectivity index (χ4n) is 2.31. The molecule has 0 bridgehead atoms. The van der Waals surface area contributed by atoms with Crippen LogP contribution in [0.25, 0.3) is 0 Å². The average molecular weight is 227 g/mol. The van der Waals surface area contributed by atoms with Crippen LogP contribution in [0.5, 0.6) is 0 Å². The summed E-state index contributed by atoms with van der Waals surface area (Å²) in [6, 6.07) is 0.132. The number of likely N-dealkylation sites (tertiary alicyclic amines) is 1. The molecule has 94 valence electrons. The third-order valence-corrected chi connectivity index (χ3v) is 3.24. The fraction of sp³-hybridized carbons (Fsp3) is 0.917. The van der Waals surface area contributed by atoms with Crippen LogP contribution in [-0.4, -0.2) is 55.5 Å². The van der Waals surface area contributed by atoms with Crippen LogP contribution in [0, 0.1) is 0 Å². The SMILES string of the molecule is CN(C)C(=O)C1CCCN1CCCCCN. The van der Waals surface area contributed by atoms with E-state index in [1.165, 1.54) is 6.42 Å². The van der Waals surface area contributed by atoms with Gasteiger partial charge >= 0.3 is 0 Å². The van der Waals surface area contributed by atoms with Crippen molar-refractivity contribution in [2.45, 2.75) is 38.1 Å². The highest BCUT2D eigenvalue weighted by molar-refractivity contribution is 5.81. The Morgan fingerprint density at radius 1 is 1.38 bits per heavy atom. The third kappa shape index (κ3) is 3.76. The van der Waals surface area contributed by atoms with Gasteiger partial charge in [0.2, 0.25) is 5.91 Å². The van der Waals surface area contributed by atoms with Gasteiger partial charge in [0.25, 0.3) is 0 Å². The number of hydrogen-bond donors (Lipinski definition) is 1. The Hall–Kier alpha value is -0.610. The van der Waals surface area contributed by atoms with E-state index in [0.717, 1.165) is 45.3 Å². The van der Waals surface area contributed by atoms with Crippen LogP contribution in [0.3, 0.4) is 0 Å². The summed E-state index contributed by atoms with van der Waals surface area (Å²) in [7, 11) is 3.68. The van der Waals surface area contributed by atoms with E-state index in [-0.39, 0.29) is 11.9 Å².